The van der Waals surface area contributed by atoms with E-state index in [9.17, 15) is 14.4 Å². The van der Waals surface area contributed by atoms with Crippen LogP contribution in [0.15, 0.2) is 134 Å². The predicted molar refractivity (Wildman–Crippen MR) is 260 cm³/mol. The van der Waals surface area contributed by atoms with E-state index in [-0.39, 0.29) is 31.1 Å². The zero-order chi connectivity index (χ0) is 44.4. The molecule has 0 spiro atoms. The Labute approximate surface area is 373 Å². The van der Waals surface area contributed by atoms with Crippen LogP contribution in [0.25, 0.3) is 0 Å². The quantitative estimate of drug-likeness (QED) is 0.0201. The van der Waals surface area contributed by atoms with E-state index in [0.717, 1.165) is 135 Å². The highest BCUT2D eigenvalue weighted by atomic mass is 16.6. The highest BCUT2D eigenvalue weighted by molar-refractivity contribution is 5.71. The van der Waals surface area contributed by atoms with E-state index in [0.29, 0.717) is 19.3 Å². The molecule has 0 aliphatic heterocycles. The van der Waals surface area contributed by atoms with Crippen LogP contribution in [-0.4, -0.2) is 37.2 Å². The van der Waals surface area contributed by atoms with Gasteiger partial charge in [-0.15, -0.1) is 0 Å². The third-order valence-corrected chi connectivity index (χ3v) is 9.33. The molecule has 0 aliphatic rings. The number of hydrogen-bond donors (Lipinski definition) is 0. The second-order valence-electron chi connectivity index (χ2n) is 15.1. The standard InChI is InChI=1S/C55H84O6/c1-4-7-10-13-16-19-22-25-26-27-28-29-30-31-34-36-39-42-45-48-54(57)60-51-52(61-55(58)49-46-43-40-37-33-24-21-18-15-12-9-6-3)50-59-53(56)47-44-41-38-35-32-23-20-17-14-11-8-5-2/h7-13,16-22,25-31,34,52H,4-6,14-15,23-24,32-33,35-51H2,1-3H3/b10-7-,11-8-,12-9-,16-13-,20-17-,21-18-,22-19-,26-25-,28-27+,30-29-,34-31-. The fraction of sp³-hybridized carbons (Fsp3) is 0.545. The van der Waals surface area contributed by atoms with Crippen molar-refractivity contribution in [2.24, 2.45) is 0 Å². The fourth-order valence-electron chi connectivity index (χ4n) is 5.85. The summed E-state index contributed by atoms with van der Waals surface area (Å²) in [6.07, 6.45) is 67.2. The molecule has 340 valence electrons. The number of unbranched alkanes of at least 4 members (excludes halogenated alkanes) is 13. The normalized spacial score (nSPS) is 13.3. The number of esters is 3. The Morgan fingerprint density at radius 3 is 1.11 bits per heavy atom. The summed E-state index contributed by atoms with van der Waals surface area (Å²) in [5.74, 6) is -1.00. The molecule has 0 aromatic heterocycles. The molecule has 61 heavy (non-hydrogen) atoms. The van der Waals surface area contributed by atoms with Gasteiger partial charge in [0.05, 0.1) is 0 Å². The Kier molecular flexibility index (Phi) is 44.7. The molecular formula is C55H84O6. The largest absolute Gasteiger partial charge is 0.462 e. The Morgan fingerprint density at radius 2 is 0.672 bits per heavy atom. The van der Waals surface area contributed by atoms with Crippen LogP contribution in [0, 0.1) is 0 Å². The van der Waals surface area contributed by atoms with Gasteiger partial charge in [0.2, 0.25) is 0 Å². The highest BCUT2D eigenvalue weighted by Crippen LogP contribution is 2.12. The van der Waals surface area contributed by atoms with Crippen LogP contribution in [0.4, 0.5) is 0 Å². The molecule has 0 heterocycles. The lowest BCUT2D eigenvalue weighted by Crippen LogP contribution is -2.30. The number of allylic oxidation sites excluding steroid dienone is 22. The predicted octanol–water partition coefficient (Wildman–Crippen LogP) is 15.5. The Morgan fingerprint density at radius 1 is 0.344 bits per heavy atom. The van der Waals surface area contributed by atoms with Gasteiger partial charge in [-0.3, -0.25) is 14.4 Å². The van der Waals surface area contributed by atoms with Crippen LogP contribution in [0.2, 0.25) is 0 Å². The van der Waals surface area contributed by atoms with E-state index in [4.69, 9.17) is 14.2 Å². The Bertz CT molecular complexity index is 1380. The van der Waals surface area contributed by atoms with E-state index in [2.05, 4.69) is 81.5 Å². The molecule has 6 nitrogen and oxygen atoms in total. The van der Waals surface area contributed by atoms with Crippen LogP contribution in [0.5, 0.6) is 0 Å². The van der Waals surface area contributed by atoms with Crippen molar-refractivity contribution in [1.82, 2.24) is 0 Å². The third kappa shape index (κ3) is 46.5. The molecule has 0 saturated carbocycles. The number of rotatable bonds is 40. The van der Waals surface area contributed by atoms with Crippen molar-refractivity contribution in [1.29, 1.82) is 0 Å². The number of hydrogen-bond acceptors (Lipinski definition) is 6. The molecule has 0 aromatic rings. The van der Waals surface area contributed by atoms with Gasteiger partial charge < -0.3 is 14.2 Å². The van der Waals surface area contributed by atoms with Crippen molar-refractivity contribution in [2.45, 2.75) is 181 Å². The van der Waals surface area contributed by atoms with Crippen LogP contribution in [0.3, 0.4) is 0 Å². The topological polar surface area (TPSA) is 78.9 Å². The van der Waals surface area contributed by atoms with Crippen molar-refractivity contribution in [3.63, 3.8) is 0 Å². The van der Waals surface area contributed by atoms with Crippen molar-refractivity contribution < 1.29 is 28.6 Å². The molecule has 1 unspecified atom stereocenters. The van der Waals surface area contributed by atoms with Gasteiger partial charge in [0.25, 0.3) is 0 Å². The summed E-state index contributed by atoms with van der Waals surface area (Å²) in [5.41, 5.74) is 0. The molecule has 0 radical (unpaired) electrons. The van der Waals surface area contributed by atoms with Gasteiger partial charge in [0, 0.05) is 19.3 Å². The number of carbonyl (C=O) groups is 3. The van der Waals surface area contributed by atoms with E-state index in [1.54, 1.807) is 0 Å². The van der Waals surface area contributed by atoms with Crippen molar-refractivity contribution in [2.75, 3.05) is 13.2 Å². The maximum Gasteiger partial charge on any atom is 0.306 e. The van der Waals surface area contributed by atoms with E-state index < -0.39 is 6.10 Å². The van der Waals surface area contributed by atoms with Gasteiger partial charge in [0.15, 0.2) is 6.10 Å². The van der Waals surface area contributed by atoms with Crippen molar-refractivity contribution in [3.8, 4) is 0 Å². The summed E-state index contributed by atoms with van der Waals surface area (Å²) in [6.45, 7) is 6.17. The van der Waals surface area contributed by atoms with Crippen LogP contribution in [-0.2, 0) is 28.6 Å². The highest BCUT2D eigenvalue weighted by Gasteiger charge is 2.19. The van der Waals surface area contributed by atoms with Crippen molar-refractivity contribution in [3.05, 3.63) is 134 Å². The lowest BCUT2D eigenvalue weighted by molar-refractivity contribution is -0.167. The average molecular weight is 841 g/mol. The summed E-state index contributed by atoms with van der Waals surface area (Å²) < 4.78 is 16.7. The molecule has 0 aromatic carbocycles. The SMILES string of the molecule is CC\C=C/C=C\C=C/C=C\C=C\C=C/C=C\CCCCCC(=O)OCC(COC(=O)CCCCCCC/C=C\C/C=C\CC)OC(=O)CCCCCCC/C=C\C/C=C\CC. The molecule has 0 rings (SSSR count). The minimum Gasteiger partial charge on any atom is -0.462 e. The number of carbonyl (C=O) groups excluding carboxylic acids is 3. The molecule has 0 aliphatic carbocycles. The first kappa shape index (κ1) is 56.5. The second-order valence-corrected chi connectivity index (χ2v) is 15.1. The minimum absolute atomic E-state index is 0.112. The summed E-state index contributed by atoms with van der Waals surface area (Å²) >= 11 is 0. The summed E-state index contributed by atoms with van der Waals surface area (Å²) in [5, 5.41) is 0. The summed E-state index contributed by atoms with van der Waals surface area (Å²) in [7, 11) is 0. The maximum atomic E-state index is 12.7. The minimum atomic E-state index is -0.814. The molecule has 0 fully saturated rings. The fourth-order valence-corrected chi connectivity index (χ4v) is 5.85. The Hall–Kier alpha value is -4.45. The molecular weight excluding hydrogens is 757 g/mol. The van der Waals surface area contributed by atoms with Gasteiger partial charge in [-0.2, -0.15) is 0 Å². The molecule has 0 amide bonds. The zero-order valence-electron chi connectivity index (χ0n) is 38.6. The molecule has 0 saturated heterocycles. The van der Waals surface area contributed by atoms with Crippen LogP contribution >= 0.6 is 0 Å². The summed E-state index contributed by atoms with van der Waals surface area (Å²) in [4.78, 5) is 37.8. The van der Waals surface area contributed by atoms with Gasteiger partial charge in [-0.05, 0) is 89.9 Å². The second kappa shape index (κ2) is 48.2. The first-order chi connectivity index (χ1) is 30.0. The first-order valence-corrected chi connectivity index (χ1v) is 23.8. The molecule has 0 N–H and O–H groups in total. The third-order valence-electron chi connectivity index (χ3n) is 9.33. The Balaban J connectivity index is 4.54. The van der Waals surface area contributed by atoms with E-state index in [1.807, 2.05) is 72.9 Å². The van der Waals surface area contributed by atoms with Gasteiger partial charge in [0.1, 0.15) is 13.2 Å². The monoisotopic (exact) mass is 841 g/mol. The smallest absolute Gasteiger partial charge is 0.306 e. The molecule has 1 atom stereocenters. The number of ether oxygens (including phenoxy) is 3. The lowest BCUT2D eigenvalue weighted by atomic mass is 10.1. The molecule has 6 heteroatoms. The lowest BCUT2D eigenvalue weighted by Gasteiger charge is -2.18. The van der Waals surface area contributed by atoms with Gasteiger partial charge in [-0.25, -0.2) is 0 Å². The summed E-state index contributed by atoms with van der Waals surface area (Å²) in [6, 6.07) is 0. The molecule has 0 bridgehead atoms. The van der Waals surface area contributed by atoms with Gasteiger partial charge in [-0.1, -0.05) is 199 Å². The van der Waals surface area contributed by atoms with Gasteiger partial charge >= 0.3 is 17.9 Å². The van der Waals surface area contributed by atoms with Crippen LogP contribution < -0.4 is 0 Å². The first-order valence-electron chi connectivity index (χ1n) is 23.8. The van der Waals surface area contributed by atoms with E-state index >= 15 is 0 Å². The van der Waals surface area contributed by atoms with Crippen molar-refractivity contribution >= 4 is 17.9 Å². The van der Waals surface area contributed by atoms with Crippen LogP contribution in [0.1, 0.15) is 175 Å². The average Bonchev–Trinajstić information content (AvgIpc) is 3.26. The maximum absolute atomic E-state index is 12.7. The zero-order valence-corrected chi connectivity index (χ0v) is 38.6. The van der Waals surface area contributed by atoms with E-state index in [1.165, 1.54) is 0 Å².